The fraction of sp³-hybridized carbons (Fsp3) is 0.522. The highest BCUT2D eigenvalue weighted by molar-refractivity contribution is 5.96. The van der Waals surface area contributed by atoms with E-state index in [0.29, 0.717) is 36.6 Å². The van der Waals surface area contributed by atoms with Crippen molar-refractivity contribution >= 4 is 17.0 Å². The Morgan fingerprint density at radius 3 is 2.73 bits per heavy atom. The van der Waals surface area contributed by atoms with Crippen molar-refractivity contribution in [3.8, 4) is 11.4 Å². The molecule has 1 saturated heterocycles. The summed E-state index contributed by atoms with van der Waals surface area (Å²) in [5.74, 6) is 2.45. The van der Waals surface area contributed by atoms with Crippen LogP contribution in [0, 0.1) is 11.8 Å². The molecule has 0 spiro atoms. The molecule has 1 saturated carbocycles. The second kappa shape index (κ2) is 6.09. The zero-order valence-corrected chi connectivity index (χ0v) is 17.6. The minimum Gasteiger partial charge on any atom is -0.444 e. The number of carbonyl (C=O) groups is 1. The van der Waals surface area contributed by atoms with E-state index in [1.54, 1.807) is 0 Å². The molecular formula is C23H26N4O3. The Morgan fingerprint density at radius 1 is 1.20 bits per heavy atom. The quantitative estimate of drug-likeness (QED) is 0.637. The number of carbonyl (C=O) groups excluding carboxylic acids is 1. The summed E-state index contributed by atoms with van der Waals surface area (Å²) in [6.07, 6.45) is 1.98. The third-order valence-electron chi connectivity index (χ3n) is 6.67. The van der Waals surface area contributed by atoms with Gasteiger partial charge in [-0.25, -0.2) is 4.79 Å². The van der Waals surface area contributed by atoms with Crippen LogP contribution in [0.1, 0.15) is 44.7 Å². The van der Waals surface area contributed by atoms with Gasteiger partial charge < -0.3 is 18.7 Å². The second-order valence-electron chi connectivity index (χ2n) is 9.79. The first-order chi connectivity index (χ1) is 14.4. The summed E-state index contributed by atoms with van der Waals surface area (Å²) in [6, 6.07) is 8.47. The van der Waals surface area contributed by atoms with E-state index >= 15 is 0 Å². The van der Waals surface area contributed by atoms with Crippen LogP contribution in [0.5, 0.6) is 0 Å². The molecule has 0 radical (unpaired) electrons. The molecule has 30 heavy (non-hydrogen) atoms. The zero-order valence-electron chi connectivity index (χ0n) is 17.6. The van der Waals surface area contributed by atoms with Gasteiger partial charge in [0, 0.05) is 42.1 Å². The molecule has 6 rings (SSSR count). The number of para-hydroxylation sites is 1. The molecule has 7 nitrogen and oxygen atoms in total. The lowest BCUT2D eigenvalue weighted by Gasteiger charge is -2.25. The molecular weight excluding hydrogens is 380 g/mol. The number of amides is 1. The Morgan fingerprint density at radius 2 is 1.97 bits per heavy atom. The number of aromatic nitrogens is 3. The van der Waals surface area contributed by atoms with Crippen LogP contribution in [0.3, 0.4) is 0 Å². The number of hydrogen-bond acceptors (Lipinski definition) is 5. The Labute approximate surface area is 175 Å². The van der Waals surface area contributed by atoms with E-state index in [1.807, 2.05) is 25.7 Å². The van der Waals surface area contributed by atoms with Crippen molar-refractivity contribution in [2.45, 2.75) is 51.7 Å². The molecule has 2 fully saturated rings. The molecule has 2 aromatic heterocycles. The van der Waals surface area contributed by atoms with E-state index in [1.165, 1.54) is 16.6 Å². The smallest absolute Gasteiger partial charge is 0.410 e. The average molecular weight is 406 g/mol. The van der Waals surface area contributed by atoms with Crippen molar-refractivity contribution in [1.29, 1.82) is 0 Å². The van der Waals surface area contributed by atoms with Gasteiger partial charge in [-0.3, -0.25) is 0 Å². The highest BCUT2D eigenvalue weighted by Gasteiger charge is 2.60. The van der Waals surface area contributed by atoms with Crippen LogP contribution in [0.4, 0.5) is 4.79 Å². The van der Waals surface area contributed by atoms with E-state index in [9.17, 15) is 4.79 Å². The minimum absolute atomic E-state index is 0.226. The Kier molecular flexibility index (Phi) is 3.65. The first-order valence-corrected chi connectivity index (χ1v) is 10.8. The average Bonchev–Trinajstić information content (AvgIpc) is 3.24. The molecule has 1 amide bonds. The van der Waals surface area contributed by atoms with Gasteiger partial charge in [-0.15, -0.1) is 0 Å². The second-order valence-corrected chi connectivity index (χ2v) is 9.79. The number of nitrogens with zero attached hydrogens (tertiary/aromatic N) is 4. The number of piperidine rings is 1. The van der Waals surface area contributed by atoms with Gasteiger partial charge in [-0.1, -0.05) is 23.4 Å². The molecule has 4 heterocycles. The lowest BCUT2D eigenvalue weighted by molar-refractivity contribution is 0.0269. The fourth-order valence-electron chi connectivity index (χ4n) is 5.37. The number of benzene rings is 1. The maximum absolute atomic E-state index is 12.3. The Hall–Kier alpha value is -2.83. The summed E-state index contributed by atoms with van der Waals surface area (Å²) in [6.45, 7) is 8.14. The Balaban J connectivity index is 1.23. The monoisotopic (exact) mass is 406 g/mol. The molecule has 0 N–H and O–H groups in total. The number of fused-ring (bicyclic) bond motifs is 4. The van der Waals surface area contributed by atoms with Crippen molar-refractivity contribution in [2.75, 3.05) is 13.1 Å². The summed E-state index contributed by atoms with van der Waals surface area (Å²) < 4.78 is 13.6. The number of ether oxygens (including phenoxy) is 1. The summed E-state index contributed by atoms with van der Waals surface area (Å²) in [4.78, 5) is 18.9. The number of aryl methyl sites for hydroxylation is 1. The summed E-state index contributed by atoms with van der Waals surface area (Å²) >= 11 is 0. The number of hydrogen-bond donors (Lipinski definition) is 0. The van der Waals surface area contributed by atoms with Crippen molar-refractivity contribution in [3.05, 3.63) is 35.9 Å². The first kappa shape index (κ1) is 18.0. The fourth-order valence-corrected chi connectivity index (χ4v) is 5.37. The maximum Gasteiger partial charge on any atom is 0.410 e. The highest BCUT2D eigenvalue weighted by atomic mass is 16.6. The molecule has 3 aromatic rings. The first-order valence-electron chi connectivity index (χ1n) is 10.8. The van der Waals surface area contributed by atoms with Crippen LogP contribution >= 0.6 is 0 Å². The maximum atomic E-state index is 12.3. The van der Waals surface area contributed by atoms with Gasteiger partial charge in [-0.2, -0.15) is 4.98 Å². The summed E-state index contributed by atoms with van der Waals surface area (Å²) in [7, 11) is 0. The standard InChI is InChI=1S/C23H26N4O3/c1-23(2,3)29-22(28)26-11-14-15(12-26)18(14)21-24-20(25-30-21)19-13-7-4-5-8-16(13)27-10-6-9-17(19)27/h4-5,7-8,14-15,18H,6,9-12H2,1-3H3/t14-,15+,18?. The predicted molar refractivity (Wildman–Crippen MR) is 111 cm³/mol. The van der Waals surface area contributed by atoms with Gasteiger partial charge >= 0.3 is 6.09 Å². The molecule has 7 heteroatoms. The third kappa shape index (κ3) is 2.67. The highest BCUT2D eigenvalue weighted by Crippen LogP contribution is 2.58. The van der Waals surface area contributed by atoms with Crippen LogP contribution in [-0.2, 0) is 17.7 Å². The van der Waals surface area contributed by atoms with Crippen LogP contribution in [0.2, 0.25) is 0 Å². The zero-order chi connectivity index (χ0) is 20.6. The van der Waals surface area contributed by atoms with Gasteiger partial charge in [0.05, 0.1) is 5.56 Å². The Bertz CT molecular complexity index is 1140. The molecule has 0 bridgehead atoms. The van der Waals surface area contributed by atoms with Gasteiger partial charge in [-0.05, 0) is 51.5 Å². The number of rotatable bonds is 2. The van der Waals surface area contributed by atoms with E-state index in [0.717, 1.165) is 24.9 Å². The topological polar surface area (TPSA) is 73.4 Å². The van der Waals surface area contributed by atoms with Gasteiger partial charge in [0.2, 0.25) is 11.7 Å². The molecule has 1 aliphatic carbocycles. The van der Waals surface area contributed by atoms with Gasteiger partial charge in [0.15, 0.2) is 0 Å². The molecule has 1 aromatic carbocycles. The third-order valence-corrected chi connectivity index (χ3v) is 6.67. The van der Waals surface area contributed by atoms with Crippen molar-refractivity contribution < 1.29 is 14.1 Å². The van der Waals surface area contributed by atoms with Gasteiger partial charge in [0.1, 0.15) is 5.60 Å². The normalized spacial score (nSPS) is 24.9. The van der Waals surface area contributed by atoms with Crippen molar-refractivity contribution in [1.82, 2.24) is 19.6 Å². The van der Waals surface area contributed by atoms with E-state index < -0.39 is 5.60 Å². The molecule has 3 atom stereocenters. The van der Waals surface area contributed by atoms with E-state index in [2.05, 4.69) is 34.0 Å². The summed E-state index contributed by atoms with van der Waals surface area (Å²) in [5.41, 5.74) is 3.23. The SMILES string of the molecule is CC(C)(C)OC(=O)N1C[C@@H]2C(c3nc(-c4c5n(c6ccccc46)CCC5)no3)[C@@H]2C1. The molecule has 1 unspecified atom stereocenters. The van der Waals surface area contributed by atoms with E-state index in [4.69, 9.17) is 14.2 Å². The van der Waals surface area contributed by atoms with Gasteiger partial charge in [0.25, 0.3) is 0 Å². The lowest BCUT2D eigenvalue weighted by Crippen LogP contribution is -2.36. The van der Waals surface area contributed by atoms with Crippen molar-refractivity contribution in [2.24, 2.45) is 11.8 Å². The number of likely N-dealkylation sites (tertiary alicyclic amines) is 1. The molecule has 2 aliphatic heterocycles. The van der Waals surface area contributed by atoms with Crippen LogP contribution in [0.25, 0.3) is 22.3 Å². The minimum atomic E-state index is -0.467. The van der Waals surface area contributed by atoms with Crippen LogP contribution in [0.15, 0.2) is 28.8 Å². The molecule has 156 valence electrons. The largest absolute Gasteiger partial charge is 0.444 e. The van der Waals surface area contributed by atoms with Crippen LogP contribution in [-0.4, -0.2) is 44.4 Å². The molecule has 3 aliphatic rings. The predicted octanol–water partition coefficient (Wildman–Crippen LogP) is 4.22. The van der Waals surface area contributed by atoms with Crippen LogP contribution < -0.4 is 0 Å². The van der Waals surface area contributed by atoms with Crippen molar-refractivity contribution in [3.63, 3.8) is 0 Å². The summed E-state index contributed by atoms with van der Waals surface area (Å²) in [5, 5.41) is 5.57. The van der Waals surface area contributed by atoms with E-state index in [-0.39, 0.29) is 12.0 Å². The lowest BCUT2D eigenvalue weighted by atomic mass is 10.1.